The molecule has 0 aliphatic carbocycles. The van der Waals surface area contributed by atoms with Gasteiger partial charge in [0.15, 0.2) is 0 Å². The maximum absolute atomic E-state index is 10.9. The Hall–Kier alpha value is -1.36. The van der Waals surface area contributed by atoms with Crippen molar-refractivity contribution < 1.29 is 14.4 Å². The summed E-state index contributed by atoms with van der Waals surface area (Å²) in [7, 11) is 0. The van der Waals surface area contributed by atoms with E-state index in [1.54, 1.807) is 12.5 Å². The number of carboxylic acid groups (broad SMARTS) is 1. The molecule has 0 aromatic carbocycles. The molecule has 2 unspecified atom stereocenters. The molecule has 1 N–H and O–H groups in total. The van der Waals surface area contributed by atoms with Crippen LogP contribution in [0.25, 0.3) is 0 Å². The van der Waals surface area contributed by atoms with Gasteiger partial charge >= 0.3 is 5.97 Å². The minimum absolute atomic E-state index is 0.211. The van der Waals surface area contributed by atoms with Crippen molar-refractivity contribution in [1.29, 1.82) is 0 Å². The molecule has 82 valence electrons. The molecular formula is C10H14N2O3. The zero-order valence-corrected chi connectivity index (χ0v) is 8.59. The Balaban J connectivity index is 1.94. The fourth-order valence-corrected chi connectivity index (χ4v) is 2.08. The molecule has 1 aromatic heterocycles. The number of aliphatic carboxylic acids is 1. The lowest BCUT2D eigenvalue weighted by molar-refractivity contribution is -0.142. The van der Waals surface area contributed by atoms with Crippen molar-refractivity contribution in [2.75, 3.05) is 13.1 Å². The number of hydrogen-bond donors (Lipinski definition) is 1. The minimum Gasteiger partial charge on any atom is -0.481 e. The van der Waals surface area contributed by atoms with Crippen LogP contribution in [0.2, 0.25) is 0 Å². The predicted octanol–water partition coefficient (Wildman–Crippen LogP) is 0.827. The van der Waals surface area contributed by atoms with Gasteiger partial charge in [0.1, 0.15) is 6.26 Å². The van der Waals surface area contributed by atoms with Gasteiger partial charge in [-0.1, -0.05) is 12.1 Å². The van der Waals surface area contributed by atoms with Crippen molar-refractivity contribution in [3.63, 3.8) is 0 Å². The highest BCUT2D eigenvalue weighted by atomic mass is 16.5. The van der Waals surface area contributed by atoms with Crippen molar-refractivity contribution in [1.82, 2.24) is 10.1 Å². The molecule has 5 nitrogen and oxygen atoms in total. The Labute approximate surface area is 87.7 Å². The topological polar surface area (TPSA) is 66.6 Å². The summed E-state index contributed by atoms with van der Waals surface area (Å²) >= 11 is 0. The molecule has 1 aliphatic heterocycles. The lowest BCUT2D eigenvalue weighted by Gasteiger charge is -2.12. The van der Waals surface area contributed by atoms with Crippen LogP contribution in [0.3, 0.4) is 0 Å². The van der Waals surface area contributed by atoms with Gasteiger partial charge in [0.25, 0.3) is 0 Å². The van der Waals surface area contributed by atoms with Crippen molar-refractivity contribution in [2.45, 2.75) is 13.5 Å². The SMILES string of the molecule is CC1CN(Cc2cnoc2)CC1C(=O)O. The first-order valence-electron chi connectivity index (χ1n) is 5.00. The molecule has 0 saturated carbocycles. The van der Waals surface area contributed by atoms with E-state index in [9.17, 15) is 4.79 Å². The summed E-state index contributed by atoms with van der Waals surface area (Å²) < 4.78 is 4.73. The molecule has 1 saturated heterocycles. The van der Waals surface area contributed by atoms with Crippen molar-refractivity contribution in [3.8, 4) is 0 Å². The normalized spacial score (nSPS) is 27.0. The zero-order valence-electron chi connectivity index (χ0n) is 8.59. The number of carbonyl (C=O) groups is 1. The van der Waals surface area contributed by atoms with E-state index in [1.165, 1.54) is 0 Å². The summed E-state index contributed by atoms with van der Waals surface area (Å²) in [6, 6.07) is 0. The number of nitrogens with zero attached hydrogens (tertiary/aromatic N) is 2. The molecule has 0 spiro atoms. The molecular weight excluding hydrogens is 196 g/mol. The molecule has 1 aromatic rings. The van der Waals surface area contributed by atoms with Gasteiger partial charge in [-0.25, -0.2) is 0 Å². The number of rotatable bonds is 3. The molecule has 2 atom stereocenters. The number of carboxylic acids is 1. The summed E-state index contributed by atoms with van der Waals surface area (Å²) in [5, 5.41) is 12.6. The van der Waals surface area contributed by atoms with E-state index >= 15 is 0 Å². The van der Waals surface area contributed by atoms with Crippen LogP contribution in [0.5, 0.6) is 0 Å². The van der Waals surface area contributed by atoms with Gasteiger partial charge < -0.3 is 9.63 Å². The largest absolute Gasteiger partial charge is 0.481 e. The van der Waals surface area contributed by atoms with Crippen LogP contribution in [0.1, 0.15) is 12.5 Å². The zero-order chi connectivity index (χ0) is 10.8. The Morgan fingerprint density at radius 1 is 1.73 bits per heavy atom. The van der Waals surface area contributed by atoms with Crippen LogP contribution in [-0.2, 0) is 11.3 Å². The predicted molar refractivity (Wildman–Crippen MR) is 52.1 cm³/mol. The lowest BCUT2D eigenvalue weighted by Crippen LogP contribution is -2.22. The van der Waals surface area contributed by atoms with Gasteiger partial charge in [-0.3, -0.25) is 9.69 Å². The number of hydrogen-bond acceptors (Lipinski definition) is 4. The molecule has 0 amide bonds. The van der Waals surface area contributed by atoms with Gasteiger partial charge in [0.05, 0.1) is 12.1 Å². The van der Waals surface area contributed by atoms with Crippen LogP contribution in [0.15, 0.2) is 17.0 Å². The molecule has 2 rings (SSSR count). The first-order chi connectivity index (χ1) is 7.16. The van der Waals surface area contributed by atoms with Crippen molar-refractivity contribution in [3.05, 3.63) is 18.0 Å². The third kappa shape index (κ3) is 2.18. The van der Waals surface area contributed by atoms with E-state index in [-0.39, 0.29) is 11.8 Å². The Morgan fingerprint density at radius 3 is 3.07 bits per heavy atom. The van der Waals surface area contributed by atoms with E-state index in [4.69, 9.17) is 9.63 Å². The third-order valence-electron chi connectivity index (χ3n) is 2.89. The third-order valence-corrected chi connectivity index (χ3v) is 2.89. The van der Waals surface area contributed by atoms with Gasteiger partial charge in [0, 0.05) is 25.2 Å². The second-order valence-electron chi connectivity index (χ2n) is 4.15. The van der Waals surface area contributed by atoms with Crippen LogP contribution in [-0.4, -0.2) is 34.2 Å². The number of aromatic nitrogens is 1. The van der Waals surface area contributed by atoms with E-state index in [2.05, 4.69) is 10.1 Å². The molecule has 0 radical (unpaired) electrons. The molecule has 0 bridgehead atoms. The lowest BCUT2D eigenvalue weighted by atomic mass is 9.99. The van der Waals surface area contributed by atoms with Gasteiger partial charge in [0.2, 0.25) is 0 Å². The molecule has 15 heavy (non-hydrogen) atoms. The molecule has 1 fully saturated rings. The summed E-state index contributed by atoms with van der Waals surface area (Å²) in [5.41, 5.74) is 0.994. The minimum atomic E-state index is -0.699. The molecule has 1 aliphatic rings. The van der Waals surface area contributed by atoms with E-state index in [0.717, 1.165) is 18.7 Å². The van der Waals surface area contributed by atoms with Crippen LogP contribution >= 0.6 is 0 Å². The Bertz CT molecular complexity index is 336. The monoisotopic (exact) mass is 210 g/mol. The maximum atomic E-state index is 10.9. The van der Waals surface area contributed by atoms with Crippen LogP contribution in [0.4, 0.5) is 0 Å². The quantitative estimate of drug-likeness (QED) is 0.800. The highest BCUT2D eigenvalue weighted by Crippen LogP contribution is 2.24. The van der Waals surface area contributed by atoms with E-state index < -0.39 is 5.97 Å². The van der Waals surface area contributed by atoms with Gasteiger partial charge in [-0.2, -0.15) is 0 Å². The molecule has 2 heterocycles. The maximum Gasteiger partial charge on any atom is 0.308 e. The number of likely N-dealkylation sites (tertiary alicyclic amines) is 1. The fraction of sp³-hybridized carbons (Fsp3) is 0.600. The average Bonchev–Trinajstić information content (AvgIpc) is 2.75. The van der Waals surface area contributed by atoms with Crippen molar-refractivity contribution >= 4 is 5.97 Å². The fourth-order valence-electron chi connectivity index (χ4n) is 2.08. The van der Waals surface area contributed by atoms with Gasteiger partial charge in [-0.15, -0.1) is 0 Å². The Morgan fingerprint density at radius 2 is 2.53 bits per heavy atom. The van der Waals surface area contributed by atoms with Gasteiger partial charge in [-0.05, 0) is 5.92 Å². The Kier molecular flexibility index (Phi) is 2.73. The van der Waals surface area contributed by atoms with Crippen LogP contribution in [0, 0.1) is 11.8 Å². The summed E-state index contributed by atoms with van der Waals surface area (Å²) in [6.45, 7) is 4.13. The first kappa shape index (κ1) is 10.2. The second-order valence-corrected chi connectivity index (χ2v) is 4.15. The van der Waals surface area contributed by atoms with Crippen LogP contribution < -0.4 is 0 Å². The summed E-state index contributed by atoms with van der Waals surface area (Å²) in [5.74, 6) is -0.734. The summed E-state index contributed by atoms with van der Waals surface area (Å²) in [4.78, 5) is 13.0. The highest BCUT2D eigenvalue weighted by molar-refractivity contribution is 5.71. The van der Waals surface area contributed by atoms with E-state index in [1.807, 2.05) is 6.92 Å². The summed E-state index contributed by atoms with van der Waals surface area (Å²) in [6.07, 6.45) is 3.26. The first-order valence-corrected chi connectivity index (χ1v) is 5.00. The average molecular weight is 210 g/mol. The smallest absolute Gasteiger partial charge is 0.308 e. The van der Waals surface area contributed by atoms with Crippen molar-refractivity contribution in [2.24, 2.45) is 11.8 Å². The standard InChI is InChI=1S/C10H14N2O3/c1-7-3-12(5-9(7)10(13)14)4-8-2-11-15-6-8/h2,6-7,9H,3-5H2,1H3,(H,13,14). The second kappa shape index (κ2) is 4.02. The molecule has 5 heteroatoms. The highest BCUT2D eigenvalue weighted by Gasteiger charge is 2.34. The van der Waals surface area contributed by atoms with E-state index in [0.29, 0.717) is 6.54 Å².